The molecule has 0 heterocycles. The van der Waals surface area contributed by atoms with Crippen molar-refractivity contribution < 1.29 is 23.1 Å². The monoisotopic (exact) mass is 340 g/mol. The summed E-state index contributed by atoms with van der Waals surface area (Å²) >= 11 is 4.97. The van der Waals surface area contributed by atoms with Crippen LogP contribution < -0.4 is 10.6 Å². The molecule has 0 aliphatic carbocycles. The maximum Gasteiger partial charge on any atom is 0.418 e. The molecule has 0 aromatic heterocycles. The molecule has 120 valence electrons. The molecule has 0 saturated heterocycles. The zero-order valence-corrected chi connectivity index (χ0v) is 12.3. The van der Waals surface area contributed by atoms with Crippen LogP contribution in [-0.2, 0) is 6.18 Å². The molecule has 0 radical (unpaired) electrons. The molecular formula is C15H11F3N2O2S. The van der Waals surface area contributed by atoms with Crippen LogP contribution in [0.5, 0.6) is 0 Å². The van der Waals surface area contributed by atoms with Crippen molar-refractivity contribution in [3.63, 3.8) is 0 Å². The maximum absolute atomic E-state index is 12.9. The summed E-state index contributed by atoms with van der Waals surface area (Å²) in [7, 11) is 0. The van der Waals surface area contributed by atoms with E-state index in [0.29, 0.717) is 5.69 Å². The van der Waals surface area contributed by atoms with E-state index in [2.05, 4.69) is 10.6 Å². The van der Waals surface area contributed by atoms with E-state index in [9.17, 15) is 18.0 Å². The van der Waals surface area contributed by atoms with E-state index in [1.165, 1.54) is 36.4 Å². The summed E-state index contributed by atoms with van der Waals surface area (Å²) in [6.07, 6.45) is -4.51. The summed E-state index contributed by atoms with van der Waals surface area (Å²) in [5, 5.41) is 13.9. The molecule has 2 aromatic rings. The van der Waals surface area contributed by atoms with Gasteiger partial charge in [0.1, 0.15) is 0 Å². The van der Waals surface area contributed by atoms with Gasteiger partial charge in [-0.1, -0.05) is 18.2 Å². The number of carboxylic acid groups (broad SMARTS) is 1. The van der Waals surface area contributed by atoms with Crippen molar-refractivity contribution in [2.24, 2.45) is 0 Å². The largest absolute Gasteiger partial charge is 0.478 e. The third-order valence-electron chi connectivity index (χ3n) is 2.85. The van der Waals surface area contributed by atoms with E-state index in [-0.39, 0.29) is 16.4 Å². The van der Waals surface area contributed by atoms with Gasteiger partial charge in [-0.25, -0.2) is 4.79 Å². The van der Waals surface area contributed by atoms with Crippen LogP contribution in [0.15, 0.2) is 48.5 Å². The highest BCUT2D eigenvalue weighted by atomic mass is 32.1. The van der Waals surface area contributed by atoms with Gasteiger partial charge in [0.25, 0.3) is 0 Å². The topological polar surface area (TPSA) is 61.4 Å². The zero-order chi connectivity index (χ0) is 17.0. The minimum Gasteiger partial charge on any atom is -0.478 e. The van der Waals surface area contributed by atoms with Crippen molar-refractivity contribution in [3.8, 4) is 0 Å². The van der Waals surface area contributed by atoms with Crippen molar-refractivity contribution in [2.45, 2.75) is 6.18 Å². The minimum atomic E-state index is -4.51. The number of para-hydroxylation sites is 1. The Morgan fingerprint density at radius 1 is 1.04 bits per heavy atom. The molecule has 8 heteroatoms. The quantitative estimate of drug-likeness (QED) is 0.731. The number of benzene rings is 2. The number of hydrogen-bond acceptors (Lipinski definition) is 2. The first-order valence-electron chi connectivity index (χ1n) is 6.35. The van der Waals surface area contributed by atoms with Gasteiger partial charge in [-0.3, -0.25) is 0 Å². The van der Waals surface area contributed by atoms with E-state index in [1.54, 1.807) is 6.07 Å². The molecule has 2 rings (SSSR count). The summed E-state index contributed by atoms with van der Waals surface area (Å²) in [5.41, 5.74) is -0.643. The first kappa shape index (κ1) is 16.8. The third-order valence-corrected chi connectivity index (χ3v) is 3.05. The summed E-state index contributed by atoms with van der Waals surface area (Å²) in [4.78, 5) is 10.9. The third kappa shape index (κ3) is 4.43. The lowest BCUT2D eigenvalue weighted by molar-refractivity contribution is -0.136. The van der Waals surface area contributed by atoms with Crippen LogP contribution >= 0.6 is 12.2 Å². The highest BCUT2D eigenvalue weighted by Gasteiger charge is 2.33. The Balaban J connectivity index is 2.15. The van der Waals surface area contributed by atoms with Crippen LogP contribution in [0.2, 0.25) is 0 Å². The number of halogens is 3. The molecule has 23 heavy (non-hydrogen) atoms. The molecule has 0 fully saturated rings. The Morgan fingerprint density at radius 3 is 2.39 bits per heavy atom. The number of carbonyl (C=O) groups is 1. The van der Waals surface area contributed by atoms with E-state index in [4.69, 9.17) is 17.3 Å². The van der Waals surface area contributed by atoms with Crippen LogP contribution in [0.4, 0.5) is 24.5 Å². The second kappa shape index (κ2) is 6.66. The average Bonchev–Trinajstić information content (AvgIpc) is 2.46. The standard InChI is InChI=1S/C15H11F3N2O2S/c16-15(17,18)11-6-1-2-7-12(11)20-14(23)19-10-5-3-4-9(8-10)13(21)22/h1-8H,(H,21,22)(H2,19,20,23). The summed E-state index contributed by atoms with van der Waals surface area (Å²) < 4.78 is 38.7. The van der Waals surface area contributed by atoms with Gasteiger partial charge < -0.3 is 15.7 Å². The van der Waals surface area contributed by atoms with E-state index in [1.807, 2.05) is 0 Å². The number of nitrogens with one attached hydrogen (secondary N) is 2. The molecule has 0 atom stereocenters. The highest BCUT2D eigenvalue weighted by molar-refractivity contribution is 7.80. The van der Waals surface area contributed by atoms with Crippen LogP contribution in [0.25, 0.3) is 0 Å². The van der Waals surface area contributed by atoms with Crippen molar-refractivity contribution in [2.75, 3.05) is 10.6 Å². The van der Waals surface area contributed by atoms with Gasteiger partial charge >= 0.3 is 12.1 Å². The van der Waals surface area contributed by atoms with Crippen LogP contribution in [0.3, 0.4) is 0 Å². The summed E-state index contributed by atoms with van der Waals surface area (Å²) in [6.45, 7) is 0. The number of hydrogen-bond donors (Lipinski definition) is 3. The second-order valence-corrected chi connectivity index (χ2v) is 4.92. The predicted octanol–water partition coefficient (Wildman–Crippen LogP) is 4.21. The lowest BCUT2D eigenvalue weighted by atomic mass is 10.1. The minimum absolute atomic E-state index is 0.0356. The van der Waals surface area contributed by atoms with Gasteiger partial charge in [0, 0.05) is 5.69 Å². The number of alkyl halides is 3. The number of carboxylic acids is 1. The fourth-order valence-electron chi connectivity index (χ4n) is 1.85. The predicted molar refractivity (Wildman–Crippen MR) is 84.7 cm³/mol. The average molecular weight is 340 g/mol. The lowest BCUT2D eigenvalue weighted by Crippen LogP contribution is -2.21. The number of rotatable bonds is 3. The van der Waals surface area contributed by atoms with Crippen LogP contribution in [0, 0.1) is 0 Å². The zero-order valence-electron chi connectivity index (χ0n) is 11.5. The first-order valence-corrected chi connectivity index (χ1v) is 6.76. The summed E-state index contributed by atoms with van der Waals surface area (Å²) in [5.74, 6) is -1.12. The Kier molecular flexibility index (Phi) is 4.85. The van der Waals surface area contributed by atoms with Gasteiger partial charge in [-0.2, -0.15) is 13.2 Å². The van der Waals surface area contributed by atoms with Gasteiger partial charge in [-0.05, 0) is 42.5 Å². The molecule has 0 aliphatic heterocycles. The highest BCUT2D eigenvalue weighted by Crippen LogP contribution is 2.34. The molecule has 0 aliphatic rings. The van der Waals surface area contributed by atoms with Gasteiger partial charge in [-0.15, -0.1) is 0 Å². The van der Waals surface area contributed by atoms with Crippen LogP contribution in [0.1, 0.15) is 15.9 Å². The molecule has 0 spiro atoms. The molecule has 0 unspecified atom stereocenters. The van der Waals surface area contributed by atoms with Crippen LogP contribution in [-0.4, -0.2) is 16.2 Å². The molecule has 3 N–H and O–H groups in total. The maximum atomic E-state index is 12.9. The Labute approximate surface area is 134 Å². The van der Waals surface area contributed by atoms with E-state index < -0.39 is 17.7 Å². The van der Waals surface area contributed by atoms with Crippen molar-refractivity contribution >= 4 is 34.7 Å². The molecule has 0 bridgehead atoms. The lowest BCUT2D eigenvalue weighted by Gasteiger charge is -2.15. The van der Waals surface area contributed by atoms with Gasteiger partial charge in [0.05, 0.1) is 16.8 Å². The number of anilines is 2. The molecule has 0 amide bonds. The second-order valence-electron chi connectivity index (χ2n) is 4.51. The fourth-order valence-corrected chi connectivity index (χ4v) is 2.08. The smallest absolute Gasteiger partial charge is 0.418 e. The number of aromatic carboxylic acids is 1. The molecule has 2 aromatic carbocycles. The van der Waals surface area contributed by atoms with Crippen molar-refractivity contribution in [1.82, 2.24) is 0 Å². The molecule has 4 nitrogen and oxygen atoms in total. The van der Waals surface area contributed by atoms with Gasteiger partial charge in [0.2, 0.25) is 0 Å². The normalized spacial score (nSPS) is 10.9. The Hall–Kier alpha value is -2.61. The van der Waals surface area contributed by atoms with Crippen molar-refractivity contribution in [3.05, 3.63) is 59.7 Å². The first-order chi connectivity index (χ1) is 10.8. The Bertz CT molecular complexity index is 747. The SMILES string of the molecule is O=C(O)c1cccc(NC(=S)Nc2ccccc2C(F)(F)F)c1. The Morgan fingerprint density at radius 2 is 1.74 bits per heavy atom. The van der Waals surface area contributed by atoms with Crippen molar-refractivity contribution in [1.29, 1.82) is 0 Å². The van der Waals surface area contributed by atoms with E-state index >= 15 is 0 Å². The fraction of sp³-hybridized carbons (Fsp3) is 0.0667. The summed E-state index contributed by atoms with van der Waals surface area (Å²) in [6, 6.07) is 10.7. The van der Waals surface area contributed by atoms with E-state index in [0.717, 1.165) is 6.07 Å². The van der Waals surface area contributed by atoms with Gasteiger partial charge in [0.15, 0.2) is 5.11 Å². The molecular weight excluding hydrogens is 329 g/mol. The molecule has 0 saturated carbocycles. The number of thiocarbonyl (C=S) groups is 1.